The maximum Gasteiger partial charge on any atom is 0.411 e. The lowest BCUT2D eigenvalue weighted by Crippen LogP contribution is -2.31. The fourth-order valence-corrected chi connectivity index (χ4v) is 1.53. The number of alkyl halides is 3. The zero-order chi connectivity index (χ0) is 14.2. The van der Waals surface area contributed by atoms with Gasteiger partial charge >= 0.3 is 6.18 Å². The molecule has 0 heterocycles. The summed E-state index contributed by atoms with van der Waals surface area (Å²) in [6.07, 6.45) is -3.50. The van der Waals surface area contributed by atoms with E-state index in [0.717, 1.165) is 0 Å². The summed E-state index contributed by atoms with van der Waals surface area (Å²) in [5.74, 6) is 0. The molecule has 0 radical (unpaired) electrons. The van der Waals surface area contributed by atoms with Gasteiger partial charge in [-0.25, -0.2) is 0 Å². The zero-order valence-corrected chi connectivity index (χ0v) is 11.3. The van der Waals surface area contributed by atoms with E-state index in [1.165, 1.54) is 0 Å². The molecule has 1 unspecified atom stereocenters. The van der Waals surface area contributed by atoms with Crippen molar-refractivity contribution in [3.8, 4) is 0 Å². The van der Waals surface area contributed by atoms with Crippen LogP contribution in [-0.4, -0.2) is 43.7 Å². The highest BCUT2D eigenvalue weighted by Gasteiger charge is 2.27. The van der Waals surface area contributed by atoms with Crippen molar-refractivity contribution in [3.05, 3.63) is 0 Å². The minimum absolute atomic E-state index is 0.0664. The Morgan fingerprint density at radius 2 is 1.83 bits per heavy atom. The molecule has 0 aliphatic carbocycles. The van der Waals surface area contributed by atoms with Gasteiger partial charge in [-0.05, 0) is 24.8 Å². The third kappa shape index (κ3) is 13.7. The number of aliphatic hydroxyl groups excluding tert-OH is 1. The van der Waals surface area contributed by atoms with Gasteiger partial charge in [0.15, 0.2) is 0 Å². The summed E-state index contributed by atoms with van der Waals surface area (Å²) in [6, 6.07) is 0. The third-order valence-corrected chi connectivity index (χ3v) is 2.14. The second-order valence-electron chi connectivity index (χ2n) is 5.64. The van der Waals surface area contributed by atoms with Crippen molar-refractivity contribution in [1.82, 2.24) is 5.32 Å². The van der Waals surface area contributed by atoms with Gasteiger partial charge < -0.3 is 15.2 Å². The van der Waals surface area contributed by atoms with Gasteiger partial charge in [0.25, 0.3) is 0 Å². The van der Waals surface area contributed by atoms with E-state index in [-0.39, 0.29) is 12.0 Å². The fourth-order valence-electron chi connectivity index (χ4n) is 1.53. The third-order valence-electron chi connectivity index (χ3n) is 2.14. The van der Waals surface area contributed by atoms with E-state index in [1.807, 2.05) is 20.8 Å². The monoisotopic (exact) mass is 271 g/mol. The van der Waals surface area contributed by atoms with Crippen LogP contribution in [0.25, 0.3) is 0 Å². The number of aliphatic hydroxyl groups is 1. The Hall–Kier alpha value is -0.330. The minimum atomic E-state index is -4.25. The van der Waals surface area contributed by atoms with E-state index in [9.17, 15) is 18.3 Å². The molecule has 18 heavy (non-hydrogen) atoms. The van der Waals surface area contributed by atoms with E-state index in [2.05, 4.69) is 10.1 Å². The van der Waals surface area contributed by atoms with Gasteiger partial charge in [-0.1, -0.05) is 20.8 Å². The standard InChI is InChI=1S/C12H24F3NO2/c1-11(2,3)7-10(17)8-16-5-4-6-18-9-12(13,14)15/h10,16-17H,4-9H2,1-3H3. The molecule has 0 spiro atoms. The molecule has 2 N–H and O–H groups in total. The van der Waals surface area contributed by atoms with Crippen molar-refractivity contribution < 1.29 is 23.0 Å². The van der Waals surface area contributed by atoms with Crippen molar-refractivity contribution in [1.29, 1.82) is 0 Å². The molecule has 3 nitrogen and oxygen atoms in total. The minimum Gasteiger partial charge on any atom is -0.392 e. The van der Waals surface area contributed by atoms with Crippen LogP contribution in [-0.2, 0) is 4.74 Å². The lowest BCUT2D eigenvalue weighted by Gasteiger charge is -2.22. The molecule has 0 amide bonds. The highest BCUT2D eigenvalue weighted by Crippen LogP contribution is 2.20. The first-order chi connectivity index (χ1) is 8.10. The summed E-state index contributed by atoms with van der Waals surface area (Å²) < 4.78 is 39.6. The molecule has 1 atom stereocenters. The summed E-state index contributed by atoms with van der Waals surface area (Å²) in [4.78, 5) is 0. The molecule has 0 aromatic carbocycles. The van der Waals surface area contributed by atoms with Gasteiger partial charge in [-0.3, -0.25) is 0 Å². The molecule has 110 valence electrons. The molecule has 0 saturated carbocycles. The number of hydrogen-bond donors (Lipinski definition) is 2. The van der Waals surface area contributed by atoms with Crippen LogP contribution in [0.4, 0.5) is 13.2 Å². The molecule has 0 aliphatic rings. The van der Waals surface area contributed by atoms with Crippen molar-refractivity contribution in [2.75, 3.05) is 26.3 Å². The number of nitrogens with one attached hydrogen (secondary N) is 1. The van der Waals surface area contributed by atoms with E-state index >= 15 is 0 Å². The molecule has 0 fully saturated rings. The van der Waals surface area contributed by atoms with Crippen LogP contribution in [0, 0.1) is 5.41 Å². The molecule has 0 saturated heterocycles. The fraction of sp³-hybridized carbons (Fsp3) is 1.00. The van der Waals surface area contributed by atoms with Gasteiger partial charge in [0.05, 0.1) is 6.10 Å². The lowest BCUT2D eigenvalue weighted by molar-refractivity contribution is -0.173. The lowest BCUT2D eigenvalue weighted by atomic mass is 9.89. The van der Waals surface area contributed by atoms with Gasteiger partial charge in [0.1, 0.15) is 6.61 Å². The highest BCUT2D eigenvalue weighted by molar-refractivity contribution is 4.69. The molecule has 6 heteroatoms. The Labute approximate surface area is 107 Å². The number of halogens is 3. The quantitative estimate of drug-likeness (QED) is 0.666. The predicted octanol–water partition coefficient (Wildman–Crippen LogP) is 2.34. The van der Waals surface area contributed by atoms with Crippen molar-refractivity contribution in [2.24, 2.45) is 5.41 Å². The molecule has 0 aliphatic heterocycles. The largest absolute Gasteiger partial charge is 0.411 e. The molecular formula is C12H24F3NO2. The second-order valence-corrected chi connectivity index (χ2v) is 5.64. The Bertz CT molecular complexity index is 214. The molecule has 0 rings (SSSR count). The summed E-state index contributed by atoms with van der Waals surface area (Å²) in [5.41, 5.74) is 0.0664. The van der Waals surface area contributed by atoms with Gasteiger partial charge in [0, 0.05) is 13.2 Å². The van der Waals surface area contributed by atoms with E-state index in [0.29, 0.717) is 25.9 Å². The maximum atomic E-state index is 11.7. The first-order valence-corrected chi connectivity index (χ1v) is 6.13. The Morgan fingerprint density at radius 1 is 1.22 bits per heavy atom. The van der Waals surface area contributed by atoms with Gasteiger partial charge in [0.2, 0.25) is 0 Å². The van der Waals surface area contributed by atoms with Gasteiger partial charge in [-0.15, -0.1) is 0 Å². The number of ether oxygens (including phenoxy) is 1. The van der Waals surface area contributed by atoms with Crippen LogP contribution < -0.4 is 5.32 Å². The number of rotatable bonds is 8. The Morgan fingerprint density at radius 3 is 2.33 bits per heavy atom. The van der Waals surface area contributed by atoms with Crippen LogP contribution in [0.5, 0.6) is 0 Å². The van der Waals surface area contributed by atoms with Gasteiger partial charge in [-0.2, -0.15) is 13.2 Å². The van der Waals surface area contributed by atoms with E-state index in [4.69, 9.17) is 0 Å². The van der Waals surface area contributed by atoms with Crippen molar-refractivity contribution in [2.45, 2.75) is 45.9 Å². The Balaban J connectivity index is 3.36. The SMILES string of the molecule is CC(C)(C)CC(O)CNCCCOCC(F)(F)F. The molecule has 0 bridgehead atoms. The summed E-state index contributed by atoms with van der Waals surface area (Å²) in [5, 5.41) is 12.6. The van der Waals surface area contributed by atoms with Crippen LogP contribution in [0.15, 0.2) is 0 Å². The van der Waals surface area contributed by atoms with Crippen LogP contribution >= 0.6 is 0 Å². The summed E-state index contributed by atoms with van der Waals surface area (Å²) >= 11 is 0. The van der Waals surface area contributed by atoms with Crippen LogP contribution in [0.2, 0.25) is 0 Å². The summed E-state index contributed by atoms with van der Waals surface area (Å²) in [7, 11) is 0. The average Bonchev–Trinajstić information content (AvgIpc) is 2.11. The Kier molecular flexibility index (Phi) is 7.82. The first-order valence-electron chi connectivity index (χ1n) is 6.13. The highest BCUT2D eigenvalue weighted by atomic mass is 19.4. The number of hydrogen-bond acceptors (Lipinski definition) is 3. The maximum absolute atomic E-state index is 11.7. The molecule has 0 aromatic rings. The average molecular weight is 271 g/mol. The molecule has 0 aromatic heterocycles. The topological polar surface area (TPSA) is 41.5 Å². The first kappa shape index (κ1) is 17.7. The summed E-state index contributed by atoms with van der Waals surface area (Å²) in [6.45, 7) is 6.00. The smallest absolute Gasteiger partial charge is 0.392 e. The zero-order valence-electron chi connectivity index (χ0n) is 11.3. The van der Waals surface area contributed by atoms with Crippen LogP contribution in [0.3, 0.4) is 0 Å². The second kappa shape index (κ2) is 7.96. The normalized spacial score (nSPS) is 14.8. The predicted molar refractivity (Wildman–Crippen MR) is 64.4 cm³/mol. The van der Waals surface area contributed by atoms with Crippen molar-refractivity contribution >= 4 is 0 Å². The van der Waals surface area contributed by atoms with Crippen LogP contribution in [0.1, 0.15) is 33.6 Å². The molecular weight excluding hydrogens is 247 g/mol. The van der Waals surface area contributed by atoms with E-state index < -0.39 is 18.9 Å². The van der Waals surface area contributed by atoms with E-state index in [1.54, 1.807) is 0 Å². The van der Waals surface area contributed by atoms with Crippen molar-refractivity contribution in [3.63, 3.8) is 0 Å².